The van der Waals surface area contributed by atoms with E-state index >= 15 is 0 Å². The fourth-order valence-corrected chi connectivity index (χ4v) is 2.55. The lowest BCUT2D eigenvalue weighted by molar-refractivity contribution is -0.146. The van der Waals surface area contributed by atoms with E-state index in [4.69, 9.17) is 9.15 Å². The Morgan fingerprint density at radius 3 is 2.57 bits per heavy atom. The first-order chi connectivity index (χ1) is 10.8. The summed E-state index contributed by atoms with van der Waals surface area (Å²) in [5, 5.41) is 3.67. The van der Waals surface area contributed by atoms with Gasteiger partial charge in [-0.3, -0.25) is 4.79 Å². The average Bonchev–Trinajstić information content (AvgIpc) is 2.91. The van der Waals surface area contributed by atoms with Crippen molar-refractivity contribution in [3.05, 3.63) is 35.1 Å². The summed E-state index contributed by atoms with van der Waals surface area (Å²) >= 11 is 0. The Kier molecular flexibility index (Phi) is 5.08. The Balaban J connectivity index is 2.17. The molecule has 1 aromatic heterocycles. The van der Waals surface area contributed by atoms with Crippen LogP contribution in [0.25, 0.3) is 11.0 Å². The molecule has 1 unspecified atom stereocenters. The minimum absolute atomic E-state index is 0.0441. The van der Waals surface area contributed by atoms with E-state index in [1.807, 2.05) is 39.8 Å². The molecule has 124 valence electrons. The summed E-state index contributed by atoms with van der Waals surface area (Å²) in [6, 6.07) is 3.33. The van der Waals surface area contributed by atoms with Crippen molar-refractivity contribution in [2.45, 2.75) is 40.2 Å². The highest BCUT2D eigenvalue weighted by atomic mass is 16.5. The molecule has 2 aromatic rings. The first-order valence-electron chi connectivity index (χ1n) is 7.68. The van der Waals surface area contributed by atoms with E-state index in [2.05, 4.69) is 5.32 Å². The van der Waals surface area contributed by atoms with E-state index in [0.717, 1.165) is 27.7 Å². The SMILES string of the molecule is COC(=O)C(NC(=O)Cc1coc2c(C)c(C)ccc12)C(C)C. The highest BCUT2D eigenvalue weighted by molar-refractivity contribution is 5.91. The first-order valence-corrected chi connectivity index (χ1v) is 7.68. The molecule has 5 nitrogen and oxygen atoms in total. The smallest absolute Gasteiger partial charge is 0.328 e. The van der Waals surface area contributed by atoms with E-state index < -0.39 is 12.0 Å². The fourth-order valence-electron chi connectivity index (χ4n) is 2.55. The van der Waals surface area contributed by atoms with Crippen LogP contribution in [-0.4, -0.2) is 25.0 Å². The van der Waals surface area contributed by atoms with Crippen molar-refractivity contribution < 1.29 is 18.7 Å². The molecule has 1 aromatic carbocycles. The van der Waals surface area contributed by atoms with E-state index in [-0.39, 0.29) is 18.2 Å². The van der Waals surface area contributed by atoms with E-state index in [0.29, 0.717) is 0 Å². The third-order valence-corrected chi connectivity index (χ3v) is 4.13. The molecule has 1 heterocycles. The number of hydrogen-bond donors (Lipinski definition) is 1. The maximum atomic E-state index is 12.3. The van der Waals surface area contributed by atoms with Gasteiger partial charge in [0.25, 0.3) is 0 Å². The molecule has 0 saturated carbocycles. The molecule has 1 amide bonds. The Hall–Kier alpha value is -2.30. The highest BCUT2D eigenvalue weighted by Crippen LogP contribution is 2.26. The second-order valence-electron chi connectivity index (χ2n) is 6.13. The summed E-state index contributed by atoms with van der Waals surface area (Å²) in [7, 11) is 1.32. The predicted octanol–water partition coefficient (Wildman–Crippen LogP) is 2.91. The fraction of sp³-hybridized carbons (Fsp3) is 0.444. The lowest BCUT2D eigenvalue weighted by Gasteiger charge is -2.19. The number of aryl methyl sites for hydroxylation is 2. The van der Waals surface area contributed by atoms with Crippen LogP contribution in [0.1, 0.15) is 30.5 Å². The van der Waals surface area contributed by atoms with E-state index in [1.54, 1.807) is 6.26 Å². The minimum atomic E-state index is -0.644. The van der Waals surface area contributed by atoms with Crippen LogP contribution in [0.2, 0.25) is 0 Å². The van der Waals surface area contributed by atoms with E-state index in [9.17, 15) is 9.59 Å². The van der Waals surface area contributed by atoms with Crippen LogP contribution in [0.4, 0.5) is 0 Å². The highest BCUT2D eigenvalue weighted by Gasteiger charge is 2.25. The molecular weight excluding hydrogens is 294 g/mol. The molecule has 0 radical (unpaired) electrons. The number of rotatable bonds is 5. The number of hydrogen-bond acceptors (Lipinski definition) is 4. The molecule has 0 aliphatic carbocycles. The molecule has 2 rings (SSSR count). The minimum Gasteiger partial charge on any atom is -0.467 e. The van der Waals surface area contributed by atoms with Crippen molar-refractivity contribution in [2.75, 3.05) is 7.11 Å². The van der Waals surface area contributed by atoms with Gasteiger partial charge >= 0.3 is 5.97 Å². The topological polar surface area (TPSA) is 68.5 Å². The number of benzene rings is 1. The quantitative estimate of drug-likeness (QED) is 0.861. The number of methoxy groups -OCH3 is 1. The van der Waals surface area contributed by atoms with Gasteiger partial charge < -0.3 is 14.5 Å². The Morgan fingerprint density at radius 2 is 1.96 bits per heavy atom. The Labute approximate surface area is 136 Å². The summed E-state index contributed by atoms with van der Waals surface area (Å²) < 4.78 is 10.3. The number of amides is 1. The molecule has 0 fully saturated rings. The van der Waals surface area contributed by atoms with Crippen molar-refractivity contribution in [2.24, 2.45) is 5.92 Å². The van der Waals surface area contributed by atoms with Gasteiger partial charge in [-0.25, -0.2) is 4.79 Å². The maximum absolute atomic E-state index is 12.3. The summed E-state index contributed by atoms with van der Waals surface area (Å²) in [6.07, 6.45) is 1.77. The number of furan rings is 1. The second-order valence-corrected chi connectivity index (χ2v) is 6.13. The van der Waals surface area contributed by atoms with Gasteiger partial charge in [-0.15, -0.1) is 0 Å². The number of fused-ring (bicyclic) bond motifs is 1. The van der Waals surface area contributed by atoms with Gasteiger partial charge in [0.1, 0.15) is 11.6 Å². The number of ether oxygens (including phenoxy) is 1. The molecular formula is C18H23NO4. The number of carbonyl (C=O) groups excluding carboxylic acids is 2. The Morgan fingerprint density at radius 1 is 1.26 bits per heavy atom. The Bertz CT molecular complexity index is 730. The van der Waals surface area contributed by atoms with Gasteiger partial charge in [-0.05, 0) is 30.9 Å². The molecule has 0 spiro atoms. The van der Waals surface area contributed by atoms with Gasteiger partial charge in [-0.2, -0.15) is 0 Å². The lowest BCUT2D eigenvalue weighted by atomic mass is 10.0. The summed E-state index contributed by atoms with van der Waals surface area (Å²) in [5.41, 5.74) is 3.84. The largest absolute Gasteiger partial charge is 0.467 e. The van der Waals surface area contributed by atoms with Gasteiger partial charge in [0.05, 0.1) is 19.8 Å². The van der Waals surface area contributed by atoms with Gasteiger partial charge in [0.15, 0.2) is 0 Å². The van der Waals surface area contributed by atoms with Crippen LogP contribution in [0.5, 0.6) is 0 Å². The zero-order chi connectivity index (χ0) is 17.1. The summed E-state index contributed by atoms with van der Waals surface area (Å²) in [6.45, 7) is 7.74. The third kappa shape index (κ3) is 3.55. The molecule has 1 N–H and O–H groups in total. The second kappa shape index (κ2) is 6.86. The standard InChI is InChI=1S/C18H23NO4/c1-10(2)16(18(21)22-5)19-15(20)8-13-9-23-17-12(4)11(3)6-7-14(13)17/h6-7,9-10,16H,8H2,1-5H3,(H,19,20). The van der Waals surface area contributed by atoms with Crippen LogP contribution in [0.15, 0.2) is 22.8 Å². The monoisotopic (exact) mass is 317 g/mol. The molecule has 5 heteroatoms. The molecule has 0 saturated heterocycles. The van der Waals surface area contributed by atoms with Crippen molar-refractivity contribution in [1.82, 2.24) is 5.32 Å². The average molecular weight is 317 g/mol. The third-order valence-electron chi connectivity index (χ3n) is 4.13. The lowest BCUT2D eigenvalue weighted by Crippen LogP contribution is -2.45. The van der Waals surface area contributed by atoms with Crippen molar-refractivity contribution in [3.63, 3.8) is 0 Å². The van der Waals surface area contributed by atoms with Crippen molar-refractivity contribution in [1.29, 1.82) is 0 Å². The van der Waals surface area contributed by atoms with Crippen molar-refractivity contribution >= 4 is 22.8 Å². The van der Waals surface area contributed by atoms with Crippen LogP contribution in [0, 0.1) is 19.8 Å². The number of esters is 1. The number of carbonyl (C=O) groups is 2. The summed E-state index contributed by atoms with van der Waals surface area (Å²) in [4.78, 5) is 24.0. The van der Waals surface area contributed by atoms with E-state index in [1.165, 1.54) is 7.11 Å². The summed E-state index contributed by atoms with van der Waals surface area (Å²) in [5.74, 6) is -0.704. The number of nitrogens with one attached hydrogen (secondary N) is 1. The zero-order valence-corrected chi connectivity index (χ0v) is 14.2. The van der Waals surface area contributed by atoms with Gasteiger partial charge in [-0.1, -0.05) is 26.0 Å². The van der Waals surface area contributed by atoms with Crippen LogP contribution in [-0.2, 0) is 20.7 Å². The maximum Gasteiger partial charge on any atom is 0.328 e. The molecule has 0 aliphatic heterocycles. The van der Waals surface area contributed by atoms with Crippen LogP contribution >= 0.6 is 0 Å². The molecule has 0 bridgehead atoms. The predicted molar refractivity (Wildman–Crippen MR) is 88.2 cm³/mol. The normalized spacial score (nSPS) is 12.4. The van der Waals surface area contributed by atoms with Crippen molar-refractivity contribution in [3.8, 4) is 0 Å². The van der Waals surface area contributed by atoms with Crippen LogP contribution in [0.3, 0.4) is 0 Å². The molecule has 0 aliphatic rings. The van der Waals surface area contributed by atoms with Crippen LogP contribution < -0.4 is 5.32 Å². The van der Waals surface area contributed by atoms with Gasteiger partial charge in [0, 0.05) is 10.9 Å². The van der Waals surface area contributed by atoms with Gasteiger partial charge in [0.2, 0.25) is 5.91 Å². The molecule has 23 heavy (non-hydrogen) atoms. The first kappa shape index (κ1) is 17.1. The zero-order valence-electron chi connectivity index (χ0n) is 14.2. The molecule has 1 atom stereocenters.